The zero-order valence-corrected chi connectivity index (χ0v) is 18.1. The Morgan fingerprint density at radius 2 is 2.00 bits per heavy atom. The molecule has 1 unspecified atom stereocenters. The summed E-state index contributed by atoms with van der Waals surface area (Å²) in [6, 6.07) is 5.07. The maximum absolute atomic E-state index is 12.7. The van der Waals surface area contributed by atoms with Crippen molar-refractivity contribution in [2.75, 3.05) is 32.7 Å². The highest BCUT2D eigenvalue weighted by Crippen LogP contribution is 2.25. The molecule has 0 saturated carbocycles. The molecule has 2 N–H and O–H groups in total. The molecule has 28 heavy (non-hydrogen) atoms. The van der Waals surface area contributed by atoms with Crippen LogP contribution >= 0.6 is 11.6 Å². The number of rotatable bonds is 7. The van der Waals surface area contributed by atoms with E-state index < -0.39 is 10.0 Å². The van der Waals surface area contributed by atoms with Crippen molar-refractivity contribution >= 4 is 27.5 Å². The molecule has 2 heterocycles. The number of hydrogen-bond acceptors (Lipinski definition) is 3. The van der Waals surface area contributed by atoms with Crippen molar-refractivity contribution in [3.05, 3.63) is 28.8 Å². The van der Waals surface area contributed by atoms with Gasteiger partial charge in [0, 0.05) is 26.1 Å². The van der Waals surface area contributed by atoms with E-state index in [9.17, 15) is 13.2 Å². The third kappa shape index (κ3) is 5.06. The number of halogens is 1. The molecule has 156 valence electrons. The van der Waals surface area contributed by atoms with E-state index >= 15 is 0 Å². The van der Waals surface area contributed by atoms with Crippen molar-refractivity contribution < 1.29 is 18.1 Å². The minimum Gasteiger partial charge on any atom is -0.352 e. The van der Waals surface area contributed by atoms with E-state index in [1.54, 1.807) is 4.90 Å². The van der Waals surface area contributed by atoms with Crippen molar-refractivity contribution in [3.8, 4) is 0 Å². The van der Waals surface area contributed by atoms with Gasteiger partial charge in [-0.3, -0.25) is 4.79 Å². The van der Waals surface area contributed by atoms with Crippen LogP contribution in [0.5, 0.6) is 0 Å². The van der Waals surface area contributed by atoms with E-state index in [4.69, 9.17) is 11.6 Å². The first-order valence-electron chi connectivity index (χ1n) is 10.3. The largest absolute Gasteiger partial charge is 0.352 e. The average Bonchev–Trinajstić information content (AvgIpc) is 3.22. The summed E-state index contributed by atoms with van der Waals surface area (Å²) in [5, 5.41) is 3.17. The summed E-state index contributed by atoms with van der Waals surface area (Å²) in [5.41, 5.74) is 0.223. The number of nitrogens with zero attached hydrogens (tertiary/aromatic N) is 1. The molecule has 8 heteroatoms. The van der Waals surface area contributed by atoms with Gasteiger partial charge in [-0.25, -0.2) is 8.42 Å². The van der Waals surface area contributed by atoms with Gasteiger partial charge in [-0.2, -0.15) is 4.31 Å². The van der Waals surface area contributed by atoms with Crippen molar-refractivity contribution in [1.29, 1.82) is 0 Å². The zero-order valence-electron chi connectivity index (χ0n) is 16.5. The molecule has 2 fully saturated rings. The maximum atomic E-state index is 12.7. The van der Waals surface area contributed by atoms with E-state index in [1.165, 1.54) is 48.3 Å². The molecule has 1 amide bonds. The fourth-order valence-corrected chi connectivity index (χ4v) is 5.90. The molecule has 3 rings (SSSR count). The first kappa shape index (κ1) is 21.6. The Balaban J connectivity index is 1.58. The van der Waals surface area contributed by atoms with Gasteiger partial charge in [0.25, 0.3) is 5.91 Å². The number of nitrogens with one attached hydrogen (secondary N) is 2. The molecule has 1 aromatic carbocycles. The minimum atomic E-state index is -3.57. The van der Waals surface area contributed by atoms with Gasteiger partial charge in [-0.15, -0.1) is 0 Å². The molecule has 2 aliphatic rings. The second kappa shape index (κ2) is 9.57. The van der Waals surface area contributed by atoms with Crippen LogP contribution in [0.3, 0.4) is 0 Å². The van der Waals surface area contributed by atoms with E-state index in [-0.39, 0.29) is 21.4 Å². The van der Waals surface area contributed by atoms with Crippen LogP contribution in [-0.4, -0.2) is 57.4 Å². The first-order chi connectivity index (χ1) is 13.4. The topological polar surface area (TPSA) is 70.9 Å². The van der Waals surface area contributed by atoms with Crippen LogP contribution in [0.25, 0.3) is 0 Å². The zero-order chi connectivity index (χ0) is 20.1. The lowest BCUT2D eigenvalue weighted by Crippen LogP contribution is -3.16. The van der Waals surface area contributed by atoms with Crippen LogP contribution in [0.4, 0.5) is 0 Å². The molecule has 2 saturated heterocycles. The van der Waals surface area contributed by atoms with E-state index in [0.717, 1.165) is 25.8 Å². The van der Waals surface area contributed by atoms with Gasteiger partial charge < -0.3 is 10.2 Å². The third-order valence-electron chi connectivity index (χ3n) is 5.93. The Kier molecular flexibility index (Phi) is 7.36. The van der Waals surface area contributed by atoms with Crippen molar-refractivity contribution in [2.24, 2.45) is 0 Å². The Labute approximate surface area is 173 Å². The number of piperidine rings is 1. The van der Waals surface area contributed by atoms with Gasteiger partial charge in [0.1, 0.15) is 0 Å². The summed E-state index contributed by atoms with van der Waals surface area (Å²) < 4.78 is 26.9. The quantitative estimate of drug-likeness (QED) is 0.649. The number of carbonyl (C=O) groups is 1. The van der Waals surface area contributed by atoms with Crippen molar-refractivity contribution in [3.63, 3.8) is 0 Å². The van der Waals surface area contributed by atoms with Crippen LogP contribution in [0, 0.1) is 0 Å². The fourth-order valence-electron chi connectivity index (χ4n) is 4.15. The van der Waals surface area contributed by atoms with Gasteiger partial charge >= 0.3 is 0 Å². The summed E-state index contributed by atoms with van der Waals surface area (Å²) in [5.74, 6) is -0.315. The highest BCUT2D eigenvalue weighted by molar-refractivity contribution is 7.89. The number of benzene rings is 1. The van der Waals surface area contributed by atoms with E-state index in [2.05, 4.69) is 12.2 Å². The minimum absolute atomic E-state index is 0.135. The number of carbonyl (C=O) groups excluding carboxylic acids is 1. The van der Waals surface area contributed by atoms with Crippen molar-refractivity contribution in [2.45, 2.75) is 56.4 Å². The van der Waals surface area contributed by atoms with Crippen LogP contribution in [0.2, 0.25) is 5.02 Å². The molecule has 2 aliphatic heterocycles. The molecule has 6 nitrogen and oxygen atoms in total. The smallest absolute Gasteiger partial charge is 0.252 e. The average molecular weight is 429 g/mol. The molecule has 0 bridgehead atoms. The van der Waals surface area contributed by atoms with Crippen LogP contribution in [0.15, 0.2) is 23.1 Å². The SMILES string of the molecule is C[C@@H]1CCCC[NH+]1CCCNC(=O)c1cc(S(=O)(=O)N2CCCC2)ccc1Cl. The van der Waals surface area contributed by atoms with Gasteiger partial charge in [0.2, 0.25) is 10.0 Å². The van der Waals surface area contributed by atoms with Gasteiger partial charge in [-0.1, -0.05) is 11.6 Å². The molecule has 0 radical (unpaired) electrons. The molecule has 2 atom stereocenters. The summed E-state index contributed by atoms with van der Waals surface area (Å²) in [4.78, 5) is 14.3. The van der Waals surface area contributed by atoms with Crippen LogP contribution in [-0.2, 0) is 10.0 Å². The Hall–Kier alpha value is -1.15. The lowest BCUT2D eigenvalue weighted by molar-refractivity contribution is -0.928. The number of quaternary nitrogens is 1. The third-order valence-corrected chi connectivity index (χ3v) is 8.15. The summed E-state index contributed by atoms with van der Waals surface area (Å²) in [7, 11) is -3.57. The van der Waals surface area contributed by atoms with E-state index in [0.29, 0.717) is 25.7 Å². The fraction of sp³-hybridized carbons (Fsp3) is 0.650. The number of amides is 1. The predicted molar refractivity (Wildman–Crippen MR) is 110 cm³/mol. The molecule has 0 aromatic heterocycles. The lowest BCUT2D eigenvalue weighted by Gasteiger charge is -2.30. The maximum Gasteiger partial charge on any atom is 0.252 e. The number of likely N-dealkylation sites (tertiary alicyclic amines) is 1. The van der Waals surface area contributed by atoms with Gasteiger partial charge in [0.15, 0.2) is 0 Å². The Morgan fingerprint density at radius 3 is 2.71 bits per heavy atom. The Bertz CT molecular complexity index is 794. The second-order valence-corrected chi connectivity index (χ2v) is 10.3. The molecule has 0 aliphatic carbocycles. The summed E-state index contributed by atoms with van der Waals surface area (Å²) >= 11 is 6.18. The summed E-state index contributed by atoms with van der Waals surface area (Å²) in [6.45, 7) is 6.16. The number of hydrogen-bond donors (Lipinski definition) is 2. The standard InChI is InChI=1S/C20H30ClN3O3S/c1-16-7-2-3-11-23(16)12-6-10-22-20(25)18-15-17(8-9-19(18)21)28(26,27)24-13-4-5-14-24/h8-9,15-16H,2-7,10-14H2,1H3,(H,22,25)/p+1/t16-/m1/s1. The predicted octanol–water partition coefficient (Wildman–Crippen LogP) is 1.70. The van der Waals surface area contributed by atoms with E-state index in [1.807, 2.05) is 0 Å². The normalized spacial score (nSPS) is 23.6. The molecular formula is C20H31ClN3O3S+. The van der Waals surface area contributed by atoms with Crippen LogP contribution in [0.1, 0.15) is 55.8 Å². The Morgan fingerprint density at radius 1 is 1.25 bits per heavy atom. The van der Waals surface area contributed by atoms with Crippen LogP contribution < -0.4 is 10.2 Å². The van der Waals surface area contributed by atoms with Gasteiger partial charge in [-0.05, 0) is 57.2 Å². The molecule has 1 aromatic rings. The van der Waals surface area contributed by atoms with Crippen molar-refractivity contribution in [1.82, 2.24) is 9.62 Å². The molecule has 0 spiro atoms. The highest BCUT2D eigenvalue weighted by Gasteiger charge is 2.28. The summed E-state index contributed by atoms with van der Waals surface area (Å²) in [6.07, 6.45) is 6.51. The van der Waals surface area contributed by atoms with Gasteiger partial charge in [0.05, 0.1) is 34.6 Å². The highest BCUT2D eigenvalue weighted by atomic mass is 35.5. The first-order valence-corrected chi connectivity index (χ1v) is 12.1. The second-order valence-electron chi connectivity index (χ2n) is 7.92. The molecular weight excluding hydrogens is 398 g/mol. The number of sulfonamides is 1. The lowest BCUT2D eigenvalue weighted by atomic mass is 10.0. The monoisotopic (exact) mass is 428 g/mol.